The molecule has 2 aromatic rings. The predicted octanol–water partition coefficient (Wildman–Crippen LogP) is 1.69. The van der Waals surface area contributed by atoms with Crippen LogP contribution >= 0.6 is 22.6 Å². The molecular weight excluding hydrogens is 442 g/mol. The van der Waals surface area contributed by atoms with E-state index in [1.54, 1.807) is 13.0 Å². The van der Waals surface area contributed by atoms with E-state index in [1.165, 1.54) is 19.2 Å². The minimum absolute atomic E-state index is 0.0181. The summed E-state index contributed by atoms with van der Waals surface area (Å²) < 4.78 is 15.9. The van der Waals surface area contributed by atoms with Crippen LogP contribution in [0.15, 0.2) is 23.0 Å². The van der Waals surface area contributed by atoms with Crippen molar-refractivity contribution in [2.75, 3.05) is 18.5 Å². The summed E-state index contributed by atoms with van der Waals surface area (Å²) in [6.45, 7) is 1.75. The van der Waals surface area contributed by atoms with E-state index >= 15 is 0 Å². The maximum absolute atomic E-state index is 14.1. The third kappa shape index (κ3) is 4.54. The molecule has 0 radical (unpaired) electrons. The number of amides is 1. The Labute approximate surface area is 157 Å². The fourth-order valence-electron chi connectivity index (χ4n) is 2.17. The molecule has 0 unspecified atom stereocenters. The van der Waals surface area contributed by atoms with Crippen molar-refractivity contribution in [3.8, 4) is 0 Å². The zero-order chi connectivity index (χ0) is 18.6. The molecule has 0 bridgehead atoms. The molecule has 7 nitrogen and oxygen atoms in total. The molecule has 3 N–H and O–H groups in total. The SMILES string of the molecule is Cc1c(Nc2ccc(I)cc2F)c(C(=O)NCCCO)nn(C)c1=O. The number of aliphatic hydroxyl groups is 1. The van der Waals surface area contributed by atoms with Crippen molar-refractivity contribution in [2.24, 2.45) is 7.05 Å². The lowest BCUT2D eigenvalue weighted by molar-refractivity contribution is 0.0944. The molecule has 1 heterocycles. The molecule has 0 saturated carbocycles. The molecule has 1 aromatic heterocycles. The van der Waals surface area contributed by atoms with Crippen molar-refractivity contribution < 1.29 is 14.3 Å². The Hall–Kier alpha value is -2.01. The van der Waals surface area contributed by atoms with E-state index in [4.69, 9.17) is 5.11 Å². The lowest BCUT2D eigenvalue weighted by Gasteiger charge is -2.15. The van der Waals surface area contributed by atoms with Crippen LogP contribution < -0.4 is 16.2 Å². The Bertz CT molecular complexity index is 854. The number of aliphatic hydroxyl groups excluding tert-OH is 1. The quantitative estimate of drug-likeness (QED) is 0.451. The molecule has 0 spiro atoms. The van der Waals surface area contributed by atoms with Crippen molar-refractivity contribution >= 4 is 39.9 Å². The molecule has 0 saturated heterocycles. The number of carbonyl (C=O) groups excluding carboxylic acids is 1. The summed E-state index contributed by atoms with van der Waals surface area (Å²) >= 11 is 1.99. The van der Waals surface area contributed by atoms with Gasteiger partial charge in [-0.3, -0.25) is 9.59 Å². The minimum atomic E-state index is -0.513. The summed E-state index contributed by atoms with van der Waals surface area (Å²) in [4.78, 5) is 24.5. The highest BCUT2D eigenvalue weighted by Gasteiger charge is 2.20. The largest absolute Gasteiger partial charge is 0.396 e. The number of nitrogens with zero attached hydrogens (tertiary/aromatic N) is 2. The van der Waals surface area contributed by atoms with E-state index < -0.39 is 11.7 Å². The van der Waals surface area contributed by atoms with Crippen molar-refractivity contribution in [2.45, 2.75) is 13.3 Å². The van der Waals surface area contributed by atoms with Crippen LogP contribution in [0.5, 0.6) is 0 Å². The van der Waals surface area contributed by atoms with Crippen molar-refractivity contribution in [3.05, 3.63) is 49.2 Å². The molecule has 0 aliphatic heterocycles. The highest BCUT2D eigenvalue weighted by molar-refractivity contribution is 14.1. The molecular formula is C16H18FIN4O3. The molecule has 1 amide bonds. The van der Waals surface area contributed by atoms with E-state index in [0.717, 1.165) is 8.25 Å². The number of carbonyl (C=O) groups is 1. The third-order valence-electron chi connectivity index (χ3n) is 3.50. The summed E-state index contributed by atoms with van der Waals surface area (Å²) in [5.74, 6) is -1.01. The Morgan fingerprint density at radius 2 is 2.16 bits per heavy atom. The van der Waals surface area contributed by atoms with Crippen molar-refractivity contribution in [1.29, 1.82) is 0 Å². The zero-order valence-corrected chi connectivity index (χ0v) is 15.9. The fraction of sp³-hybridized carbons (Fsp3) is 0.312. The number of hydrogen-bond acceptors (Lipinski definition) is 5. The number of nitrogens with one attached hydrogen (secondary N) is 2. The van der Waals surface area contributed by atoms with E-state index in [0.29, 0.717) is 6.42 Å². The van der Waals surface area contributed by atoms with E-state index in [9.17, 15) is 14.0 Å². The summed E-state index contributed by atoms with van der Waals surface area (Å²) in [6.07, 6.45) is 0.394. The Kier molecular flexibility index (Phi) is 6.48. The van der Waals surface area contributed by atoms with Crippen LogP contribution in [0.3, 0.4) is 0 Å². The monoisotopic (exact) mass is 460 g/mol. The second-order valence-corrected chi connectivity index (χ2v) is 6.61. The average molecular weight is 460 g/mol. The molecule has 0 aliphatic carbocycles. The molecule has 1 aromatic carbocycles. The van der Waals surface area contributed by atoms with Gasteiger partial charge in [0, 0.05) is 29.3 Å². The van der Waals surface area contributed by atoms with Crippen LogP contribution in [0.4, 0.5) is 15.8 Å². The number of rotatable bonds is 6. The van der Waals surface area contributed by atoms with Gasteiger partial charge in [-0.2, -0.15) is 5.10 Å². The highest BCUT2D eigenvalue weighted by Crippen LogP contribution is 2.25. The van der Waals surface area contributed by atoms with Gasteiger partial charge < -0.3 is 15.7 Å². The second-order valence-electron chi connectivity index (χ2n) is 5.36. The Morgan fingerprint density at radius 3 is 2.80 bits per heavy atom. The lowest BCUT2D eigenvalue weighted by Crippen LogP contribution is -2.32. The van der Waals surface area contributed by atoms with Gasteiger partial charge in [0.05, 0.1) is 11.4 Å². The number of hydrogen-bond donors (Lipinski definition) is 3. The van der Waals surface area contributed by atoms with E-state index in [1.807, 2.05) is 22.6 Å². The minimum Gasteiger partial charge on any atom is -0.396 e. The number of benzene rings is 1. The van der Waals surface area contributed by atoms with Crippen LogP contribution in [0, 0.1) is 16.3 Å². The van der Waals surface area contributed by atoms with Gasteiger partial charge in [0.2, 0.25) is 0 Å². The summed E-state index contributed by atoms with van der Waals surface area (Å²) in [5, 5.41) is 18.2. The first-order chi connectivity index (χ1) is 11.8. The van der Waals surface area contributed by atoms with Crippen LogP contribution in [-0.2, 0) is 7.05 Å². The molecule has 0 aliphatic rings. The van der Waals surface area contributed by atoms with Gasteiger partial charge in [-0.05, 0) is 54.1 Å². The van der Waals surface area contributed by atoms with E-state index in [2.05, 4.69) is 15.7 Å². The maximum Gasteiger partial charge on any atom is 0.273 e. The van der Waals surface area contributed by atoms with Gasteiger partial charge in [-0.1, -0.05) is 0 Å². The lowest BCUT2D eigenvalue weighted by atomic mass is 10.2. The topological polar surface area (TPSA) is 96.2 Å². The first kappa shape index (κ1) is 19.3. The number of aromatic nitrogens is 2. The standard InChI is InChI=1S/C16H18FIN4O3/c1-9-13(20-12-5-4-10(18)8-11(12)17)14(21-22(2)16(9)25)15(24)19-6-3-7-23/h4-5,8,20,23H,3,6-7H2,1-2H3,(H,19,24). The van der Waals surface area contributed by atoms with Crippen LogP contribution in [-0.4, -0.2) is 33.9 Å². The van der Waals surface area contributed by atoms with Crippen molar-refractivity contribution in [3.63, 3.8) is 0 Å². The molecule has 25 heavy (non-hydrogen) atoms. The number of anilines is 2. The van der Waals surface area contributed by atoms with Crippen molar-refractivity contribution in [1.82, 2.24) is 15.1 Å². The van der Waals surface area contributed by atoms with Gasteiger partial charge in [0.1, 0.15) is 5.82 Å². The molecule has 0 fully saturated rings. The summed E-state index contributed by atoms with van der Waals surface area (Å²) in [5.41, 5.74) is 0.145. The molecule has 9 heteroatoms. The molecule has 134 valence electrons. The van der Waals surface area contributed by atoms with Gasteiger partial charge in [-0.25, -0.2) is 9.07 Å². The average Bonchev–Trinajstić information content (AvgIpc) is 2.57. The summed E-state index contributed by atoms with van der Waals surface area (Å²) in [7, 11) is 1.44. The van der Waals surface area contributed by atoms with Crippen LogP contribution in [0.25, 0.3) is 0 Å². The van der Waals surface area contributed by atoms with Gasteiger partial charge >= 0.3 is 0 Å². The van der Waals surface area contributed by atoms with Gasteiger partial charge in [0.25, 0.3) is 11.5 Å². The van der Waals surface area contributed by atoms with Crippen LogP contribution in [0.1, 0.15) is 22.5 Å². The Morgan fingerprint density at radius 1 is 1.44 bits per heavy atom. The fourth-order valence-corrected chi connectivity index (χ4v) is 2.63. The first-order valence-corrected chi connectivity index (χ1v) is 8.62. The van der Waals surface area contributed by atoms with E-state index in [-0.39, 0.29) is 41.3 Å². The molecule has 2 rings (SSSR count). The number of aryl methyl sites for hydroxylation is 1. The number of halogens is 2. The smallest absolute Gasteiger partial charge is 0.273 e. The normalized spacial score (nSPS) is 10.6. The Balaban J connectivity index is 2.45. The third-order valence-corrected chi connectivity index (χ3v) is 4.17. The van der Waals surface area contributed by atoms with Gasteiger partial charge in [0.15, 0.2) is 5.69 Å². The van der Waals surface area contributed by atoms with Crippen LogP contribution in [0.2, 0.25) is 0 Å². The maximum atomic E-state index is 14.1. The first-order valence-electron chi connectivity index (χ1n) is 7.54. The highest BCUT2D eigenvalue weighted by atomic mass is 127. The van der Waals surface area contributed by atoms with Gasteiger partial charge in [-0.15, -0.1) is 0 Å². The molecule has 0 atom stereocenters. The second kappa shape index (κ2) is 8.39. The zero-order valence-electron chi connectivity index (χ0n) is 13.8. The predicted molar refractivity (Wildman–Crippen MR) is 101 cm³/mol. The summed E-state index contributed by atoms with van der Waals surface area (Å²) in [6, 6.07) is 4.58.